The molecule has 5 atom stereocenters. The first-order chi connectivity index (χ1) is 6.01. The predicted octanol–water partition coefficient (Wildman–Crippen LogP) is 1.52. The van der Waals surface area contributed by atoms with Crippen molar-refractivity contribution >= 4 is 0 Å². The van der Waals surface area contributed by atoms with Crippen LogP contribution in [0.4, 0.5) is 0 Å². The van der Waals surface area contributed by atoms with E-state index in [0.717, 1.165) is 11.8 Å². The third kappa shape index (κ3) is 1.40. The third-order valence-corrected chi connectivity index (χ3v) is 4.41. The lowest BCUT2D eigenvalue weighted by Gasteiger charge is -2.38. The van der Waals surface area contributed by atoms with Crippen LogP contribution in [0.3, 0.4) is 0 Å². The van der Waals surface area contributed by atoms with Gasteiger partial charge in [0.25, 0.3) is 0 Å². The lowest BCUT2D eigenvalue weighted by atomic mass is 9.74. The highest BCUT2D eigenvalue weighted by molar-refractivity contribution is 5.00. The number of hydrogen-bond donors (Lipinski definition) is 2. The number of hydrogen-bond acceptors (Lipinski definition) is 2. The molecule has 2 fully saturated rings. The third-order valence-electron chi connectivity index (χ3n) is 4.41. The molecule has 0 radical (unpaired) electrons. The van der Waals surface area contributed by atoms with Crippen molar-refractivity contribution < 1.29 is 5.11 Å². The molecule has 2 saturated carbocycles. The average molecular weight is 183 g/mol. The van der Waals surface area contributed by atoms with Crippen LogP contribution < -0.4 is 5.73 Å². The van der Waals surface area contributed by atoms with E-state index in [9.17, 15) is 5.11 Å². The van der Waals surface area contributed by atoms with E-state index >= 15 is 0 Å². The maximum Gasteiger partial charge on any atom is 0.0797 e. The molecule has 0 aliphatic heterocycles. The molecule has 0 spiro atoms. The quantitative estimate of drug-likeness (QED) is 0.682. The maximum atomic E-state index is 10.3. The Labute approximate surface area is 80.5 Å². The van der Waals surface area contributed by atoms with Gasteiger partial charge in [-0.15, -0.1) is 0 Å². The van der Waals surface area contributed by atoms with Gasteiger partial charge in [0, 0.05) is 6.04 Å². The number of nitrogens with two attached hydrogens (primary N) is 1. The summed E-state index contributed by atoms with van der Waals surface area (Å²) in [7, 11) is 0. The Balaban J connectivity index is 2.09. The largest absolute Gasteiger partial charge is 0.388 e. The lowest BCUT2D eigenvalue weighted by Crippen LogP contribution is -2.50. The molecule has 0 aromatic heterocycles. The topological polar surface area (TPSA) is 46.2 Å². The molecule has 2 heteroatoms. The first kappa shape index (κ1) is 9.47. The minimum Gasteiger partial charge on any atom is -0.388 e. The molecule has 0 aromatic rings. The summed E-state index contributed by atoms with van der Waals surface area (Å²) in [4.78, 5) is 0. The van der Waals surface area contributed by atoms with Gasteiger partial charge in [-0.2, -0.15) is 0 Å². The van der Waals surface area contributed by atoms with E-state index in [2.05, 4.69) is 0 Å². The summed E-state index contributed by atoms with van der Waals surface area (Å²) < 4.78 is 0. The average Bonchev–Trinajstić information content (AvgIpc) is 2.63. The summed E-state index contributed by atoms with van der Waals surface area (Å²) in [5, 5.41) is 10.3. The van der Waals surface area contributed by atoms with Crippen LogP contribution in [0.15, 0.2) is 0 Å². The van der Waals surface area contributed by atoms with Crippen LogP contribution in [0.25, 0.3) is 0 Å². The van der Waals surface area contributed by atoms with Crippen molar-refractivity contribution in [2.45, 2.75) is 51.2 Å². The fraction of sp³-hybridized carbons (Fsp3) is 1.00. The molecule has 13 heavy (non-hydrogen) atoms. The van der Waals surface area contributed by atoms with Gasteiger partial charge in [-0.3, -0.25) is 0 Å². The summed E-state index contributed by atoms with van der Waals surface area (Å²) in [5.41, 5.74) is 5.19. The maximum absolute atomic E-state index is 10.3. The molecule has 3 N–H and O–H groups in total. The monoisotopic (exact) mass is 183 g/mol. The zero-order valence-corrected chi connectivity index (χ0v) is 8.66. The van der Waals surface area contributed by atoms with Gasteiger partial charge in [-0.25, -0.2) is 0 Å². The Bertz CT molecular complexity index is 200. The fourth-order valence-electron chi connectivity index (χ4n) is 3.30. The van der Waals surface area contributed by atoms with Gasteiger partial charge in [0.05, 0.1) is 5.60 Å². The molecule has 0 aromatic carbocycles. The minimum atomic E-state index is -0.639. The number of fused-ring (bicyclic) bond motifs is 2. The van der Waals surface area contributed by atoms with E-state index in [1.807, 2.05) is 13.8 Å². The number of aliphatic hydroxyl groups is 1. The zero-order valence-electron chi connectivity index (χ0n) is 8.66. The Morgan fingerprint density at radius 2 is 2.08 bits per heavy atom. The van der Waals surface area contributed by atoms with Gasteiger partial charge in [0.1, 0.15) is 0 Å². The summed E-state index contributed by atoms with van der Waals surface area (Å²) in [5.74, 6) is 2.11. The van der Waals surface area contributed by atoms with Crippen molar-refractivity contribution in [1.29, 1.82) is 0 Å². The van der Waals surface area contributed by atoms with Crippen LogP contribution in [0.1, 0.15) is 39.5 Å². The van der Waals surface area contributed by atoms with Gasteiger partial charge in [-0.1, -0.05) is 6.42 Å². The molecule has 2 bridgehead atoms. The summed E-state index contributed by atoms with van der Waals surface area (Å²) >= 11 is 0. The summed E-state index contributed by atoms with van der Waals surface area (Å²) in [6.07, 6.45) is 5.25. The molecular formula is C11H21NO. The van der Waals surface area contributed by atoms with Crippen molar-refractivity contribution in [2.24, 2.45) is 23.5 Å². The molecular weight excluding hydrogens is 162 g/mol. The molecule has 2 rings (SSSR count). The van der Waals surface area contributed by atoms with Crippen molar-refractivity contribution in [3.05, 3.63) is 0 Å². The van der Waals surface area contributed by atoms with Crippen molar-refractivity contribution in [2.75, 3.05) is 0 Å². The fourth-order valence-corrected chi connectivity index (χ4v) is 3.30. The van der Waals surface area contributed by atoms with Gasteiger partial charge in [0.15, 0.2) is 0 Å². The highest BCUT2D eigenvalue weighted by atomic mass is 16.3. The second kappa shape index (κ2) is 2.96. The van der Waals surface area contributed by atoms with Crippen LogP contribution in [0.5, 0.6) is 0 Å². The van der Waals surface area contributed by atoms with Crippen LogP contribution in [-0.2, 0) is 0 Å². The SMILES string of the molecule is CC(N)C(C)(O)C1CC2CCC1C2. The van der Waals surface area contributed by atoms with E-state index < -0.39 is 5.60 Å². The highest BCUT2D eigenvalue weighted by Gasteiger charge is 2.48. The summed E-state index contributed by atoms with van der Waals surface area (Å²) in [6.45, 7) is 3.84. The molecule has 5 unspecified atom stereocenters. The smallest absolute Gasteiger partial charge is 0.0797 e. The first-order valence-electron chi connectivity index (χ1n) is 5.49. The second-order valence-electron chi connectivity index (χ2n) is 5.30. The Morgan fingerprint density at radius 3 is 2.46 bits per heavy atom. The minimum absolute atomic E-state index is 0.100. The van der Waals surface area contributed by atoms with Crippen LogP contribution in [0, 0.1) is 17.8 Å². The molecule has 2 aliphatic rings. The zero-order chi connectivity index (χ0) is 9.64. The number of rotatable bonds is 2. The predicted molar refractivity (Wildman–Crippen MR) is 53.2 cm³/mol. The van der Waals surface area contributed by atoms with Crippen LogP contribution >= 0.6 is 0 Å². The molecule has 0 amide bonds. The van der Waals surface area contributed by atoms with Crippen molar-refractivity contribution in [3.8, 4) is 0 Å². The van der Waals surface area contributed by atoms with Gasteiger partial charge in [-0.05, 0) is 50.9 Å². The van der Waals surface area contributed by atoms with Crippen LogP contribution in [-0.4, -0.2) is 16.7 Å². The van der Waals surface area contributed by atoms with E-state index in [1.54, 1.807) is 0 Å². The van der Waals surface area contributed by atoms with Gasteiger partial charge < -0.3 is 10.8 Å². The lowest BCUT2D eigenvalue weighted by molar-refractivity contribution is -0.0408. The normalized spacial score (nSPS) is 44.8. The molecule has 76 valence electrons. The van der Waals surface area contributed by atoms with Crippen molar-refractivity contribution in [1.82, 2.24) is 0 Å². The van der Waals surface area contributed by atoms with E-state index in [4.69, 9.17) is 5.73 Å². The van der Waals surface area contributed by atoms with Gasteiger partial charge >= 0.3 is 0 Å². The van der Waals surface area contributed by atoms with Crippen LogP contribution in [0.2, 0.25) is 0 Å². The Morgan fingerprint density at radius 1 is 1.38 bits per heavy atom. The highest BCUT2D eigenvalue weighted by Crippen LogP contribution is 2.52. The standard InChI is InChI=1S/C11H21NO/c1-7(12)11(2,13)10-6-8-3-4-9(10)5-8/h7-10,13H,3-6,12H2,1-2H3. The van der Waals surface area contributed by atoms with E-state index in [0.29, 0.717) is 5.92 Å². The Kier molecular flexibility index (Phi) is 2.16. The van der Waals surface area contributed by atoms with E-state index in [1.165, 1.54) is 25.7 Å². The molecule has 0 saturated heterocycles. The second-order valence-corrected chi connectivity index (χ2v) is 5.30. The van der Waals surface area contributed by atoms with Crippen molar-refractivity contribution in [3.63, 3.8) is 0 Å². The summed E-state index contributed by atoms with van der Waals surface area (Å²) in [6, 6.07) is -0.100. The molecule has 2 aliphatic carbocycles. The van der Waals surface area contributed by atoms with Gasteiger partial charge in [0.2, 0.25) is 0 Å². The Hall–Kier alpha value is -0.0800. The molecule has 2 nitrogen and oxygen atoms in total. The first-order valence-corrected chi connectivity index (χ1v) is 5.49. The van der Waals surface area contributed by atoms with E-state index in [-0.39, 0.29) is 6.04 Å². The molecule has 0 heterocycles.